The fourth-order valence-electron chi connectivity index (χ4n) is 2.51. The van der Waals surface area contributed by atoms with E-state index in [0.29, 0.717) is 6.04 Å². The molecule has 1 amide bonds. The van der Waals surface area contributed by atoms with Gasteiger partial charge in [-0.3, -0.25) is 4.79 Å². The number of ether oxygens (including phenoxy) is 1. The van der Waals surface area contributed by atoms with E-state index in [1.54, 1.807) is 0 Å². The zero-order valence-electron chi connectivity index (χ0n) is 10.1. The number of hydrogen-bond donors (Lipinski definition) is 1. The molecule has 0 aromatic rings. The summed E-state index contributed by atoms with van der Waals surface area (Å²) in [5.41, 5.74) is 0. The van der Waals surface area contributed by atoms with Crippen molar-refractivity contribution in [3.05, 3.63) is 0 Å². The van der Waals surface area contributed by atoms with Crippen molar-refractivity contribution in [1.82, 2.24) is 10.2 Å². The highest BCUT2D eigenvalue weighted by Crippen LogP contribution is 2.15. The first-order chi connectivity index (χ1) is 7.77. The summed E-state index contributed by atoms with van der Waals surface area (Å²) in [6, 6.07) is 0.484. The molecule has 4 nitrogen and oxygen atoms in total. The van der Waals surface area contributed by atoms with Crippen LogP contribution in [0, 0.1) is 0 Å². The molecule has 2 heterocycles. The molecule has 4 heteroatoms. The van der Waals surface area contributed by atoms with Gasteiger partial charge in [-0.2, -0.15) is 0 Å². The van der Waals surface area contributed by atoms with Crippen molar-refractivity contribution in [1.29, 1.82) is 0 Å². The maximum Gasteiger partial charge on any atom is 0.251 e. The molecule has 2 unspecified atom stereocenters. The lowest BCUT2D eigenvalue weighted by Gasteiger charge is -2.28. The largest absolute Gasteiger partial charge is 0.368 e. The van der Waals surface area contributed by atoms with E-state index in [1.165, 1.54) is 12.8 Å². The Balaban J connectivity index is 1.78. The molecule has 0 bridgehead atoms. The van der Waals surface area contributed by atoms with Crippen molar-refractivity contribution >= 4 is 5.91 Å². The van der Waals surface area contributed by atoms with Crippen molar-refractivity contribution in [2.45, 2.75) is 44.2 Å². The summed E-state index contributed by atoms with van der Waals surface area (Å²) in [4.78, 5) is 13.9. The van der Waals surface area contributed by atoms with E-state index in [4.69, 9.17) is 4.74 Å². The second kappa shape index (κ2) is 5.64. The molecule has 16 heavy (non-hydrogen) atoms. The van der Waals surface area contributed by atoms with Crippen LogP contribution in [0.3, 0.4) is 0 Å². The zero-order valence-corrected chi connectivity index (χ0v) is 10.1. The monoisotopic (exact) mass is 226 g/mol. The summed E-state index contributed by atoms with van der Waals surface area (Å²) in [7, 11) is 1.89. The smallest absolute Gasteiger partial charge is 0.251 e. The molecule has 0 aromatic carbocycles. The predicted molar refractivity (Wildman–Crippen MR) is 62.3 cm³/mol. The Labute approximate surface area is 97.3 Å². The number of hydrogen-bond acceptors (Lipinski definition) is 3. The lowest BCUT2D eigenvalue weighted by Crippen LogP contribution is -2.44. The maximum absolute atomic E-state index is 12.1. The summed E-state index contributed by atoms with van der Waals surface area (Å²) < 4.78 is 5.51. The molecular weight excluding hydrogens is 204 g/mol. The highest BCUT2D eigenvalue weighted by molar-refractivity contribution is 5.80. The van der Waals surface area contributed by atoms with Crippen LogP contribution in [0.2, 0.25) is 0 Å². The van der Waals surface area contributed by atoms with Gasteiger partial charge >= 0.3 is 0 Å². The van der Waals surface area contributed by atoms with E-state index >= 15 is 0 Å². The third-order valence-corrected chi connectivity index (χ3v) is 3.49. The van der Waals surface area contributed by atoms with Crippen LogP contribution in [0.1, 0.15) is 32.1 Å². The van der Waals surface area contributed by atoms with Crippen molar-refractivity contribution < 1.29 is 9.53 Å². The molecule has 0 aliphatic carbocycles. The number of nitrogens with one attached hydrogen (secondary N) is 1. The van der Waals surface area contributed by atoms with E-state index in [-0.39, 0.29) is 12.0 Å². The van der Waals surface area contributed by atoms with Crippen molar-refractivity contribution in [3.63, 3.8) is 0 Å². The van der Waals surface area contributed by atoms with Gasteiger partial charge in [0.2, 0.25) is 0 Å². The van der Waals surface area contributed by atoms with Crippen molar-refractivity contribution in [2.24, 2.45) is 0 Å². The van der Waals surface area contributed by atoms with Crippen LogP contribution in [0.5, 0.6) is 0 Å². The second-order valence-electron chi connectivity index (χ2n) is 4.87. The Kier molecular flexibility index (Phi) is 4.18. The Bertz CT molecular complexity index is 233. The minimum Gasteiger partial charge on any atom is -0.368 e. The fourth-order valence-corrected chi connectivity index (χ4v) is 2.51. The molecule has 1 N–H and O–H groups in total. The number of nitrogens with zero attached hydrogens (tertiary/aromatic N) is 1. The zero-order chi connectivity index (χ0) is 11.4. The van der Waals surface area contributed by atoms with E-state index in [2.05, 4.69) is 5.32 Å². The normalized spacial score (nSPS) is 30.3. The average Bonchev–Trinajstić information content (AvgIpc) is 2.82. The third kappa shape index (κ3) is 2.95. The molecule has 92 valence electrons. The van der Waals surface area contributed by atoms with Gasteiger partial charge in [0, 0.05) is 26.2 Å². The van der Waals surface area contributed by atoms with Crippen LogP contribution in [-0.2, 0) is 9.53 Å². The van der Waals surface area contributed by atoms with Gasteiger partial charge < -0.3 is 15.0 Å². The van der Waals surface area contributed by atoms with E-state index in [0.717, 1.165) is 39.0 Å². The number of carbonyl (C=O) groups is 1. The standard InChI is InChI=1S/C12H22N2O2/c1-14(9-10-5-4-7-13-10)12(15)11-6-2-3-8-16-11/h10-11,13H,2-9H2,1H3. The van der Waals surface area contributed by atoms with Gasteiger partial charge in [-0.05, 0) is 38.6 Å². The summed E-state index contributed by atoms with van der Waals surface area (Å²) in [5.74, 6) is 0.161. The first-order valence-corrected chi connectivity index (χ1v) is 6.37. The molecule has 2 aliphatic heterocycles. The molecule has 0 radical (unpaired) electrons. The summed E-state index contributed by atoms with van der Waals surface area (Å²) in [6.45, 7) is 2.65. The first kappa shape index (κ1) is 11.9. The lowest BCUT2D eigenvalue weighted by atomic mass is 10.1. The molecule has 2 fully saturated rings. The van der Waals surface area contributed by atoms with Crippen LogP contribution >= 0.6 is 0 Å². The fraction of sp³-hybridized carbons (Fsp3) is 0.917. The van der Waals surface area contributed by atoms with Gasteiger partial charge in [0.15, 0.2) is 0 Å². The molecule has 0 saturated carbocycles. The quantitative estimate of drug-likeness (QED) is 0.772. The molecule has 2 atom stereocenters. The van der Waals surface area contributed by atoms with E-state index in [9.17, 15) is 4.79 Å². The second-order valence-corrected chi connectivity index (χ2v) is 4.87. The van der Waals surface area contributed by atoms with Gasteiger partial charge in [-0.25, -0.2) is 0 Å². The third-order valence-electron chi connectivity index (χ3n) is 3.49. The maximum atomic E-state index is 12.1. The minimum absolute atomic E-state index is 0.161. The van der Waals surface area contributed by atoms with Gasteiger partial charge in [-0.1, -0.05) is 0 Å². The SMILES string of the molecule is CN(CC1CCCN1)C(=O)C1CCCCO1. The summed E-state index contributed by atoms with van der Waals surface area (Å²) in [5, 5.41) is 3.41. The first-order valence-electron chi connectivity index (χ1n) is 6.37. The molecule has 2 aliphatic rings. The number of rotatable bonds is 3. The van der Waals surface area contributed by atoms with Crippen LogP contribution in [0.25, 0.3) is 0 Å². The van der Waals surface area contributed by atoms with Gasteiger partial charge in [0.1, 0.15) is 6.10 Å². The summed E-state index contributed by atoms with van der Waals surface area (Å²) in [6.07, 6.45) is 5.33. The topological polar surface area (TPSA) is 41.6 Å². The number of amides is 1. The van der Waals surface area contributed by atoms with Crippen molar-refractivity contribution in [2.75, 3.05) is 26.7 Å². The highest BCUT2D eigenvalue weighted by atomic mass is 16.5. The van der Waals surface area contributed by atoms with E-state index in [1.807, 2.05) is 11.9 Å². The lowest BCUT2D eigenvalue weighted by molar-refractivity contribution is -0.145. The molecule has 0 spiro atoms. The minimum atomic E-state index is -0.180. The Morgan fingerprint density at radius 2 is 2.25 bits per heavy atom. The number of likely N-dealkylation sites (N-methyl/N-ethyl adjacent to an activating group) is 1. The summed E-state index contributed by atoms with van der Waals surface area (Å²) >= 11 is 0. The molecule has 2 rings (SSSR count). The predicted octanol–water partition coefficient (Wildman–Crippen LogP) is 0.766. The van der Waals surface area contributed by atoms with Crippen LogP contribution in [-0.4, -0.2) is 49.7 Å². The highest BCUT2D eigenvalue weighted by Gasteiger charge is 2.26. The Morgan fingerprint density at radius 1 is 1.38 bits per heavy atom. The van der Waals surface area contributed by atoms with Gasteiger partial charge in [-0.15, -0.1) is 0 Å². The molecule has 0 aromatic heterocycles. The molecular formula is C12H22N2O2. The van der Waals surface area contributed by atoms with Gasteiger partial charge in [0.25, 0.3) is 5.91 Å². The van der Waals surface area contributed by atoms with E-state index < -0.39 is 0 Å². The average molecular weight is 226 g/mol. The van der Waals surface area contributed by atoms with Crippen LogP contribution in [0.4, 0.5) is 0 Å². The molecule has 2 saturated heterocycles. The van der Waals surface area contributed by atoms with Crippen molar-refractivity contribution in [3.8, 4) is 0 Å². The Morgan fingerprint density at radius 3 is 2.88 bits per heavy atom. The van der Waals surface area contributed by atoms with Gasteiger partial charge in [0.05, 0.1) is 0 Å². The van der Waals surface area contributed by atoms with Crippen LogP contribution < -0.4 is 5.32 Å². The Hall–Kier alpha value is -0.610. The van der Waals surface area contributed by atoms with Crippen LogP contribution in [0.15, 0.2) is 0 Å². The number of carbonyl (C=O) groups excluding carboxylic acids is 1.